The number of carbonyl (C=O) groups is 1. The molecule has 1 N–H and O–H groups in total. The van der Waals surface area contributed by atoms with E-state index in [9.17, 15) is 4.79 Å². The number of anilines is 1. The highest BCUT2D eigenvalue weighted by Crippen LogP contribution is 2.30. The van der Waals surface area contributed by atoms with Crippen molar-refractivity contribution >= 4 is 46.4 Å². The number of amides is 1. The molecule has 1 atom stereocenters. The lowest BCUT2D eigenvalue weighted by molar-refractivity contribution is -0.119. The van der Waals surface area contributed by atoms with Crippen molar-refractivity contribution in [2.24, 2.45) is 0 Å². The molecular weight excluding hydrogens is 321 g/mol. The maximum atomic E-state index is 12.2. The van der Waals surface area contributed by atoms with Crippen LogP contribution in [0.3, 0.4) is 0 Å². The van der Waals surface area contributed by atoms with Gasteiger partial charge < -0.3 is 5.32 Å². The van der Waals surface area contributed by atoms with Crippen LogP contribution >= 0.6 is 34.8 Å². The van der Waals surface area contributed by atoms with Gasteiger partial charge in [-0.3, -0.25) is 9.48 Å². The van der Waals surface area contributed by atoms with Crippen LogP contribution in [-0.2, 0) is 4.79 Å². The molecule has 0 aliphatic carbocycles. The van der Waals surface area contributed by atoms with Gasteiger partial charge in [-0.2, -0.15) is 5.10 Å². The van der Waals surface area contributed by atoms with Crippen molar-refractivity contribution in [2.45, 2.75) is 19.9 Å². The van der Waals surface area contributed by atoms with Crippen LogP contribution in [0.5, 0.6) is 0 Å². The van der Waals surface area contributed by atoms with E-state index in [4.69, 9.17) is 34.8 Å². The highest BCUT2D eigenvalue weighted by Gasteiger charge is 2.19. The highest BCUT2D eigenvalue weighted by molar-refractivity contribution is 6.39. The first-order chi connectivity index (χ1) is 9.40. The lowest BCUT2D eigenvalue weighted by Crippen LogP contribution is -2.24. The van der Waals surface area contributed by atoms with E-state index >= 15 is 0 Å². The minimum Gasteiger partial charge on any atom is -0.322 e. The number of para-hydroxylation sites is 1. The first kappa shape index (κ1) is 15.2. The Balaban J connectivity index is 2.20. The van der Waals surface area contributed by atoms with E-state index in [-0.39, 0.29) is 5.91 Å². The number of halogens is 3. The van der Waals surface area contributed by atoms with Crippen LogP contribution in [0.25, 0.3) is 0 Å². The second-order valence-corrected chi connectivity index (χ2v) is 5.53. The van der Waals surface area contributed by atoms with Gasteiger partial charge in [0.15, 0.2) is 0 Å². The van der Waals surface area contributed by atoms with Crippen molar-refractivity contribution in [3.63, 3.8) is 0 Å². The zero-order valence-corrected chi connectivity index (χ0v) is 13.1. The van der Waals surface area contributed by atoms with E-state index in [2.05, 4.69) is 10.4 Å². The summed E-state index contributed by atoms with van der Waals surface area (Å²) >= 11 is 18.0. The summed E-state index contributed by atoms with van der Waals surface area (Å²) in [4.78, 5) is 12.2. The molecule has 2 rings (SSSR count). The van der Waals surface area contributed by atoms with Gasteiger partial charge in [-0.05, 0) is 26.0 Å². The molecule has 0 radical (unpaired) electrons. The van der Waals surface area contributed by atoms with Crippen molar-refractivity contribution in [2.75, 3.05) is 5.32 Å². The fourth-order valence-corrected chi connectivity index (χ4v) is 2.25. The van der Waals surface area contributed by atoms with Crippen molar-refractivity contribution in [3.8, 4) is 0 Å². The lowest BCUT2D eigenvalue weighted by atomic mass is 10.2. The van der Waals surface area contributed by atoms with Crippen LogP contribution in [0, 0.1) is 6.92 Å². The summed E-state index contributed by atoms with van der Waals surface area (Å²) in [5.41, 5.74) is 1.06. The first-order valence-electron chi connectivity index (χ1n) is 5.86. The van der Waals surface area contributed by atoms with Gasteiger partial charge in [0.25, 0.3) is 0 Å². The second kappa shape index (κ2) is 6.04. The fourth-order valence-electron chi connectivity index (χ4n) is 1.62. The zero-order chi connectivity index (χ0) is 14.9. The van der Waals surface area contributed by atoms with Gasteiger partial charge in [0.1, 0.15) is 6.04 Å². The number of carbonyl (C=O) groups excluding carboxylic acids is 1. The topological polar surface area (TPSA) is 46.9 Å². The molecule has 1 aromatic heterocycles. The summed E-state index contributed by atoms with van der Waals surface area (Å²) in [5.74, 6) is -0.279. The Hall–Kier alpha value is -1.23. The molecule has 7 heteroatoms. The van der Waals surface area contributed by atoms with Crippen LogP contribution in [0.1, 0.15) is 18.7 Å². The predicted octanol–water partition coefficient (Wildman–Crippen LogP) is 4.35. The largest absolute Gasteiger partial charge is 0.322 e. The molecule has 0 aliphatic rings. The second-order valence-electron chi connectivity index (χ2n) is 4.30. The number of benzene rings is 1. The molecule has 0 aliphatic heterocycles. The van der Waals surface area contributed by atoms with E-state index in [0.29, 0.717) is 26.4 Å². The van der Waals surface area contributed by atoms with Gasteiger partial charge in [0.2, 0.25) is 5.91 Å². The Morgan fingerprint density at radius 2 is 1.85 bits per heavy atom. The predicted molar refractivity (Wildman–Crippen MR) is 81.8 cm³/mol. The molecule has 0 saturated carbocycles. The number of hydrogen-bond acceptors (Lipinski definition) is 2. The van der Waals surface area contributed by atoms with Crippen molar-refractivity contribution < 1.29 is 4.79 Å². The lowest BCUT2D eigenvalue weighted by Gasteiger charge is -2.14. The molecule has 0 spiro atoms. The number of nitrogens with zero attached hydrogens (tertiary/aromatic N) is 2. The Morgan fingerprint density at radius 3 is 2.35 bits per heavy atom. The molecule has 2 aromatic rings. The number of aryl methyl sites for hydroxylation is 1. The van der Waals surface area contributed by atoms with Crippen molar-refractivity contribution in [1.82, 2.24) is 9.78 Å². The summed E-state index contributed by atoms with van der Waals surface area (Å²) in [5, 5.41) is 8.15. The molecule has 0 fully saturated rings. The van der Waals surface area contributed by atoms with Crippen molar-refractivity contribution in [3.05, 3.63) is 45.2 Å². The average Bonchev–Trinajstić information content (AvgIpc) is 2.73. The third kappa shape index (κ3) is 3.08. The normalized spacial score (nSPS) is 12.2. The minimum atomic E-state index is -0.534. The Labute approximate surface area is 131 Å². The Bertz CT molecular complexity index is 615. The minimum absolute atomic E-state index is 0.279. The average molecular weight is 333 g/mol. The van der Waals surface area contributed by atoms with Crippen LogP contribution in [-0.4, -0.2) is 15.7 Å². The molecule has 0 bridgehead atoms. The van der Waals surface area contributed by atoms with Crippen LogP contribution in [0.15, 0.2) is 24.4 Å². The summed E-state index contributed by atoms with van der Waals surface area (Å²) in [6, 6.07) is 4.49. The van der Waals surface area contributed by atoms with Crippen LogP contribution < -0.4 is 5.32 Å². The van der Waals surface area contributed by atoms with Gasteiger partial charge in [0, 0.05) is 6.20 Å². The van der Waals surface area contributed by atoms with Gasteiger partial charge in [-0.15, -0.1) is 0 Å². The highest BCUT2D eigenvalue weighted by atomic mass is 35.5. The summed E-state index contributed by atoms with van der Waals surface area (Å²) in [7, 11) is 0. The zero-order valence-electron chi connectivity index (χ0n) is 10.8. The van der Waals surface area contributed by atoms with E-state index in [1.807, 2.05) is 0 Å². The van der Waals surface area contributed by atoms with Crippen molar-refractivity contribution in [1.29, 1.82) is 0 Å². The quantitative estimate of drug-likeness (QED) is 0.908. The molecule has 20 heavy (non-hydrogen) atoms. The molecule has 1 aromatic carbocycles. The molecule has 1 unspecified atom stereocenters. The SMILES string of the molecule is Cc1nn(C(C)C(=O)Nc2c(Cl)cccc2Cl)cc1Cl. The molecule has 106 valence electrons. The maximum Gasteiger partial charge on any atom is 0.249 e. The molecule has 4 nitrogen and oxygen atoms in total. The van der Waals surface area contributed by atoms with E-state index in [0.717, 1.165) is 0 Å². The monoisotopic (exact) mass is 331 g/mol. The Kier molecular flexibility index (Phi) is 4.58. The summed E-state index contributed by atoms with van der Waals surface area (Å²) in [6.45, 7) is 3.48. The number of nitrogens with one attached hydrogen (secondary N) is 1. The third-order valence-electron chi connectivity index (χ3n) is 2.84. The van der Waals surface area contributed by atoms with E-state index in [1.165, 1.54) is 4.68 Å². The standard InChI is InChI=1S/C13H12Cl3N3O/c1-7-11(16)6-19(18-7)8(2)13(20)17-12-9(14)4-3-5-10(12)15/h3-6,8H,1-2H3,(H,17,20). The number of rotatable bonds is 3. The van der Waals surface area contributed by atoms with Crippen LogP contribution in [0.4, 0.5) is 5.69 Å². The molecule has 1 amide bonds. The van der Waals surface area contributed by atoms with E-state index in [1.54, 1.807) is 38.2 Å². The van der Waals surface area contributed by atoms with Gasteiger partial charge in [-0.1, -0.05) is 40.9 Å². The number of aromatic nitrogens is 2. The van der Waals surface area contributed by atoms with Crippen LogP contribution in [0.2, 0.25) is 15.1 Å². The Morgan fingerprint density at radius 1 is 1.25 bits per heavy atom. The fraction of sp³-hybridized carbons (Fsp3) is 0.231. The summed E-state index contributed by atoms with van der Waals surface area (Å²) < 4.78 is 1.50. The first-order valence-corrected chi connectivity index (χ1v) is 6.99. The molecule has 1 heterocycles. The number of hydrogen-bond donors (Lipinski definition) is 1. The van der Waals surface area contributed by atoms with Gasteiger partial charge in [0.05, 0.1) is 26.4 Å². The van der Waals surface area contributed by atoms with Gasteiger partial charge in [-0.25, -0.2) is 0 Å². The maximum absolute atomic E-state index is 12.2. The third-order valence-corrected chi connectivity index (χ3v) is 3.84. The smallest absolute Gasteiger partial charge is 0.249 e. The molecule has 0 saturated heterocycles. The van der Waals surface area contributed by atoms with E-state index < -0.39 is 6.04 Å². The molecular formula is C13H12Cl3N3O. The summed E-state index contributed by atoms with van der Waals surface area (Å²) in [6.07, 6.45) is 1.61. The van der Waals surface area contributed by atoms with Gasteiger partial charge >= 0.3 is 0 Å².